The lowest BCUT2D eigenvalue weighted by Gasteiger charge is -2.33. The maximum Gasteiger partial charge on any atom is 0.156 e. The van der Waals surface area contributed by atoms with Crippen LogP contribution in [0.5, 0.6) is 0 Å². The molecule has 3 heterocycles. The van der Waals surface area contributed by atoms with Crippen LogP contribution in [0, 0.1) is 0 Å². The summed E-state index contributed by atoms with van der Waals surface area (Å²) >= 11 is 0. The van der Waals surface area contributed by atoms with Gasteiger partial charge < -0.3 is 0 Å². The zero-order valence-corrected chi connectivity index (χ0v) is 44.0. The molecule has 0 spiro atoms. The third-order valence-electron chi connectivity index (χ3n) is 15.5. The lowest BCUT2D eigenvalue weighted by atomic mass is 9.81. The van der Waals surface area contributed by atoms with Crippen molar-refractivity contribution in [3.63, 3.8) is 0 Å². The Bertz CT molecular complexity index is 4390. The average Bonchev–Trinajstić information content (AvgIpc) is 3.71. The Balaban J connectivity index is 1.09. The highest BCUT2D eigenvalue weighted by molar-refractivity contribution is 6.25. The number of para-hydroxylation sites is 3. The molecular formula is C71H51N9. The molecule has 380 valence electrons. The number of nitrogens with zero attached hydrogens (tertiary/aromatic N) is 9. The van der Waals surface area contributed by atoms with Crippen molar-refractivity contribution in [1.82, 2.24) is 29.9 Å². The SMILES string of the molecule is CC1(C)c2cc(N(c3cnccn3)c3ccccc3-c3ccccc3)ccc2-c2cc3c(N(c4cnccn4)c4ccccc4-c4ccccc4)c4ccccc4c(N(c4cnccn4)c4ccccc4-c4ccccc4)c3cc21. The van der Waals surface area contributed by atoms with Crippen LogP contribution in [-0.2, 0) is 5.41 Å². The summed E-state index contributed by atoms with van der Waals surface area (Å²) < 4.78 is 0. The van der Waals surface area contributed by atoms with E-state index in [1.165, 1.54) is 11.1 Å². The molecule has 0 atom stereocenters. The molecule has 1 aliphatic carbocycles. The van der Waals surface area contributed by atoms with Crippen molar-refractivity contribution in [2.45, 2.75) is 19.3 Å². The summed E-state index contributed by atoms with van der Waals surface area (Å²) in [7, 11) is 0. The molecule has 0 saturated carbocycles. The van der Waals surface area contributed by atoms with Gasteiger partial charge in [-0.1, -0.05) is 190 Å². The topological polar surface area (TPSA) is 87.1 Å². The first kappa shape index (κ1) is 47.8. The molecular weight excluding hydrogens is 979 g/mol. The average molecular weight is 1030 g/mol. The number of hydrogen-bond donors (Lipinski definition) is 0. The molecule has 1 aliphatic rings. The Labute approximate surface area is 464 Å². The van der Waals surface area contributed by atoms with Crippen LogP contribution >= 0.6 is 0 Å². The summed E-state index contributed by atoms with van der Waals surface area (Å²) in [6, 6.07) is 78.0. The summed E-state index contributed by atoms with van der Waals surface area (Å²) in [5.41, 5.74) is 16.5. The quantitative estimate of drug-likeness (QED) is 0.0877. The minimum Gasteiger partial charge on any atom is -0.293 e. The van der Waals surface area contributed by atoms with E-state index in [1.54, 1.807) is 37.2 Å². The fraction of sp³-hybridized carbons (Fsp3) is 0.0423. The molecule has 0 radical (unpaired) electrons. The molecule has 0 N–H and O–H groups in total. The summed E-state index contributed by atoms with van der Waals surface area (Å²) in [5.74, 6) is 2.08. The van der Waals surface area contributed by atoms with Gasteiger partial charge in [0.2, 0.25) is 0 Å². The zero-order chi connectivity index (χ0) is 53.6. The molecule has 10 aromatic carbocycles. The highest BCUT2D eigenvalue weighted by atomic mass is 15.2. The number of benzene rings is 10. The first-order valence-electron chi connectivity index (χ1n) is 26.8. The standard InChI is InChI=1S/C71H51N9/c1-71(2)61-42-51(78(66-45-72-36-39-75-66)63-31-17-14-26-52(63)48-20-6-3-7-21-48)34-35-55(61)58-43-59-60(44-62(58)71)70(80(68-47-74-38-41-77-68)65-33-19-16-28-54(65)50-24-10-5-11-25-50)57-30-13-12-29-56(57)69(59)79(67-46-73-37-40-76-67)64-32-18-15-27-53(64)49-22-8-4-9-23-49/h3-47H,1-2H3. The van der Waals surface area contributed by atoms with Crippen LogP contribution in [0.3, 0.4) is 0 Å². The van der Waals surface area contributed by atoms with Gasteiger partial charge in [0, 0.05) is 86.5 Å². The molecule has 0 unspecified atom stereocenters. The lowest BCUT2D eigenvalue weighted by molar-refractivity contribution is 0.661. The van der Waals surface area contributed by atoms with Gasteiger partial charge in [0.1, 0.15) is 0 Å². The van der Waals surface area contributed by atoms with E-state index < -0.39 is 5.41 Å². The Kier molecular flexibility index (Phi) is 12.0. The van der Waals surface area contributed by atoms with Gasteiger partial charge in [0.15, 0.2) is 17.5 Å². The van der Waals surface area contributed by atoms with Gasteiger partial charge in [-0.25, -0.2) is 15.0 Å². The predicted molar refractivity (Wildman–Crippen MR) is 326 cm³/mol. The van der Waals surface area contributed by atoms with Crippen LogP contribution in [0.15, 0.2) is 274 Å². The lowest BCUT2D eigenvalue weighted by Crippen LogP contribution is -2.18. The molecule has 0 fully saturated rings. The van der Waals surface area contributed by atoms with Crippen molar-refractivity contribution in [2.24, 2.45) is 0 Å². The predicted octanol–water partition coefficient (Wildman–Crippen LogP) is 18.1. The van der Waals surface area contributed by atoms with E-state index in [1.807, 2.05) is 18.6 Å². The number of anilines is 9. The summed E-state index contributed by atoms with van der Waals surface area (Å²) in [6.07, 6.45) is 16.1. The van der Waals surface area contributed by atoms with Gasteiger partial charge in [-0.15, -0.1) is 0 Å². The molecule has 13 aromatic rings. The van der Waals surface area contributed by atoms with Gasteiger partial charge in [0.25, 0.3) is 0 Å². The van der Waals surface area contributed by atoms with E-state index in [2.05, 4.69) is 252 Å². The van der Waals surface area contributed by atoms with E-state index in [4.69, 9.17) is 24.9 Å². The normalized spacial score (nSPS) is 12.2. The number of fused-ring (bicyclic) bond motifs is 5. The van der Waals surface area contributed by atoms with E-state index in [0.717, 1.165) is 106 Å². The van der Waals surface area contributed by atoms with Gasteiger partial charge in [0.05, 0.1) is 47.0 Å². The molecule has 0 saturated heterocycles. The Morgan fingerprint density at radius 2 is 0.675 bits per heavy atom. The van der Waals surface area contributed by atoms with Crippen LogP contribution in [-0.4, -0.2) is 29.9 Å². The van der Waals surface area contributed by atoms with Crippen LogP contribution in [0.2, 0.25) is 0 Å². The second kappa shape index (κ2) is 20.1. The Morgan fingerprint density at radius 3 is 1.11 bits per heavy atom. The van der Waals surface area contributed by atoms with E-state index in [-0.39, 0.29) is 0 Å². The molecule has 3 aromatic heterocycles. The molecule has 14 rings (SSSR count). The molecule has 9 nitrogen and oxygen atoms in total. The molecule has 0 amide bonds. The Hall–Kier alpha value is -10.6. The van der Waals surface area contributed by atoms with Crippen LogP contribution < -0.4 is 14.7 Å². The smallest absolute Gasteiger partial charge is 0.156 e. The van der Waals surface area contributed by atoms with Crippen LogP contribution in [0.25, 0.3) is 66.1 Å². The Morgan fingerprint density at radius 1 is 0.300 bits per heavy atom. The second-order valence-corrected chi connectivity index (χ2v) is 20.4. The van der Waals surface area contributed by atoms with Crippen molar-refractivity contribution < 1.29 is 0 Å². The van der Waals surface area contributed by atoms with Crippen molar-refractivity contribution in [1.29, 1.82) is 0 Å². The van der Waals surface area contributed by atoms with Gasteiger partial charge >= 0.3 is 0 Å². The molecule has 9 heteroatoms. The number of rotatable bonds is 12. The summed E-state index contributed by atoms with van der Waals surface area (Å²) in [6.45, 7) is 4.71. The van der Waals surface area contributed by atoms with Gasteiger partial charge in [-0.3, -0.25) is 29.7 Å². The number of hydrogen-bond acceptors (Lipinski definition) is 9. The summed E-state index contributed by atoms with van der Waals surface area (Å²) in [4.78, 5) is 36.1. The largest absolute Gasteiger partial charge is 0.293 e. The van der Waals surface area contributed by atoms with Crippen LogP contribution in [0.4, 0.5) is 51.6 Å². The van der Waals surface area contributed by atoms with Crippen LogP contribution in [0.1, 0.15) is 25.0 Å². The summed E-state index contributed by atoms with van der Waals surface area (Å²) in [5, 5.41) is 4.07. The number of aromatic nitrogens is 6. The van der Waals surface area contributed by atoms with Crippen molar-refractivity contribution in [2.75, 3.05) is 14.7 Å². The maximum absolute atomic E-state index is 5.13. The minimum absolute atomic E-state index is 0.491. The van der Waals surface area contributed by atoms with Gasteiger partial charge in [-0.2, -0.15) is 0 Å². The van der Waals surface area contributed by atoms with Crippen molar-refractivity contribution in [3.05, 3.63) is 285 Å². The molecule has 80 heavy (non-hydrogen) atoms. The zero-order valence-electron chi connectivity index (χ0n) is 44.0. The highest BCUT2D eigenvalue weighted by Crippen LogP contribution is 2.58. The monoisotopic (exact) mass is 1030 g/mol. The van der Waals surface area contributed by atoms with Crippen molar-refractivity contribution >= 4 is 73.1 Å². The third kappa shape index (κ3) is 8.19. The molecule has 0 bridgehead atoms. The highest BCUT2D eigenvalue weighted by Gasteiger charge is 2.39. The second-order valence-electron chi connectivity index (χ2n) is 20.4. The fourth-order valence-corrected chi connectivity index (χ4v) is 11.9. The third-order valence-corrected chi connectivity index (χ3v) is 15.5. The molecule has 0 aliphatic heterocycles. The minimum atomic E-state index is -0.491. The fourth-order valence-electron chi connectivity index (χ4n) is 11.9. The maximum atomic E-state index is 5.13. The van der Waals surface area contributed by atoms with E-state index >= 15 is 0 Å². The van der Waals surface area contributed by atoms with E-state index in [9.17, 15) is 0 Å². The first-order chi connectivity index (χ1) is 39.5. The van der Waals surface area contributed by atoms with E-state index in [0.29, 0.717) is 11.6 Å². The van der Waals surface area contributed by atoms with Gasteiger partial charge in [-0.05, 0) is 81.4 Å². The first-order valence-corrected chi connectivity index (χ1v) is 26.8. The van der Waals surface area contributed by atoms with Crippen molar-refractivity contribution in [3.8, 4) is 44.5 Å².